The van der Waals surface area contributed by atoms with Crippen molar-refractivity contribution in [1.82, 2.24) is 9.80 Å². The first-order valence-corrected chi connectivity index (χ1v) is 9.46. The quantitative estimate of drug-likeness (QED) is 0.904. The zero-order valence-electron chi connectivity index (χ0n) is 14.4. The number of benzene rings is 1. The highest BCUT2D eigenvalue weighted by Gasteiger charge is 2.22. The number of rotatable bonds is 5. The van der Waals surface area contributed by atoms with Crippen LogP contribution in [0.25, 0.3) is 0 Å². The fourth-order valence-corrected chi connectivity index (χ4v) is 4.15. The normalized spacial score (nSPS) is 25.3. The van der Waals surface area contributed by atoms with Crippen molar-refractivity contribution in [2.24, 2.45) is 5.92 Å². The zero-order valence-corrected chi connectivity index (χ0v) is 14.4. The lowest BCUT2D eigenvalue weighted by molar-refractivity contribution is 0.105. The van der Waals surface area contributed by atoms with Gasteiger partial charge >= 0.3 is 0 Å². The minimum Gasteiger partial charge on any atom is -0.390 e. The molecule has 1 N–H and O–H groups in total. The van der Waals surface area contributed by atoms with Crippen molar-refractivity contribution in [3.05, 3.63) is 35.9 Å². The van der Waals surface area contributed by atoms with Gasteiger partial charge in [-0.25, -0.2) is 0 Å². The van der Waals surface area contributed by atoms with E-state index in [1.165, 1.54) is 50.6 Å². The molecule has 1 saturated heterocycles. The summed E-state index contributed by atoms with van der Waals surface area (Å²) in [5, 5.41) is 10.4. The maximum absolute atomic E-state index is 10.4. The van der Waals surface area contributed by atoms with Crippen LogP contribution in [0.4, 0.5) is 0 Å². The summed E-state index contributed by atoms with van der Waals surface area (Å²) in [5.74, 6) is 0.935. The monoisotopic (exact) mass is 316 g/mol. The number of aliphatic hydroxyl groups excluding tert-OH is 1. The molecule has 1 aliphatic carbocycles. The first-order chi connectivity index (χ1) is 11.3. The number of hydrogen-bond acceptors (Lipinski definition) is 3. The van der Waals surface area contributed by atoms with Crippen LogP contribution in [-0.4, -0.2) is 53.7 Å². The van der Waals surface area contributed by atoms with E-state index in [4.69, 9.17) is 0 Å². The van der Waals surface area contributed by atoms with Gasteiger partial charge in [0.25, 0.3) is 0 Å². The third-order valence-electron chi connectivity index (χ3n) is 5.50. The van der Waals surface area contributed by atoms with Crippen LogP contribution >= 0.6 is 0 Å². The first-order valence-electron chi connectivity index (χ1n) is 9.46. The molecule has 3 nitrogen and oxygen atoms in total. The highest BCUT2D eigenvalue weighted by molar-refractivity contribution is 5.14. The van der Waals surface area contributed by atoms with Crippen LogP contribution < -0.4 is 0 Å². The Morgan fingerprint density at radius 2 is 1.61 bits per heavy atom. The highest BCUT2D eigenvalue weighted by Crippen LogP contribution is 2.26. The summed E-state index contributed by atoms with van der Waals surface area (Å²) >= 11 is 0. The van der Waals surface area contributed by atoms with Gasteiger partial charge in [-0.2, -0.15) is 0 Å². The molecule has 3 heteroatoms. The molecule has 2 aliphatic rings. The van der Waals surface area contributed by atoms with E-state index in [1.54, 1.807) is 0 Å². The van der Waals surface area contributed by atoms with Crippen LogP contribution in [0.5, 0.6) is 0 Å². The summed E-state index contributed by atoms with van der Waals surface area (Å²) < 4.78 is 0. The van der Waals surface area contributed by atoms with Crippen molar-refractivity contribution in [2.45, 2.75) is 51.2 Å². The Morgan fingerprint density at radius 3 is 2.39 bits per heavy atom. The summed E-state index contributed by atoms with van der Waals surface area (Å²) in [6, 6.07) is 10.6. The molecule has 1 heterocycles. The molecule has 128 valence electrons. The molecule has 1 saturated carbocycles. The van der Waals surface area contributed by atoms with E-state index >= 15 is 0 Å². The number of aliphatic hydroxyl groups is 1. The van der Waals surface area contributed by atoms with Crippen molar-refractivity contribution >= 4 is 0 Å². The molecule has 3 rings (SSSR count). The fourth-order valence-electron chi connectivity index (χ4n) is 4.15. The Labute approximate surface area is 141 Å². The fraction of sp³-hybridized carbons (Fsp3) is 0.700. The lowest BCUT2D eigenvalue weighted by Crippen LogP contribution is -2.34. The second-order valence-corrected chi connectivity index (χ2v) is 7.47. The minimum absolute atomic E-state index is 0.215. The predicted octanol–water partition coefficient (Wildman–Crippen LogP) is 3.14. The molecular formula is C20H32N2O. The molecule has 1 aromatic carbocycles. The Balaban J connectivity index is 1.45. The Kier molecular flexibility index (Phi) is 6.49. The summed E-state index contributed by atoms with van der Waals surface area (Å²) in [4.78, 5) is 4.89. The molecule has 0 amide bonds. The minimum atomic E-state index is -0.215. The van der Waals surface area contributed by atoms with Gasteiger partial charge in [0.2, 0.25) is 0 Å². The van der Waals surface area contributed by atoms with Crippen molar-refractivity contribution in [3.8, 4) is 0 Å². The molecule has 0 spiro atoms. The smallest absolute Gasteiger partial charge is 0.0793 e. The van der Waals surface area contributed by atoms with Crippen LogP contribution in [0, 0.1) is 5.92 Å². The SMILES string of the molecule is O[C@H]1CN(CCC2CCCCC2)CCN(Cc2ccccc2)C1. The largest absolute Gasteiger partial charge is 0.390 e. The topological polar surface area (TPSA) is 26.7 Å². The highest BCUT2D eigenvalue weighted by atomic mass is 16.3. The van der Waals surface area contributed by atoms with Gasteiger partial charge in [0.1, 0.15) is 0 Å². The summed E-state index contributed by atoms with van der Waals surface area (Å²) in [7, 11) is 0. The molecule has 1 aromatic rings. The molecule has 0 unspecified atom stereocenters. The average molecular weight is 316 g/mol. The first kappa shape index (κ1) is 16.9. The number of β-amino-alcohol motifs (C(OH)–C–C–N with tert-alkyl or cyclic N) is 1. The van der Waals surface area contributed by atoms with Gasteiger partial charge in [-0.3, -0.25) is 9.80 Å². The van der Waals surface area contributed by atoms with Crippen molar-refractivity contribution in [1.29, 1.82) is 0 Å². The molecule has 0 radical (unpaired) electrons. The van der Waals surface area contributed by atoms with E-state index in [1.807, 2.05) is 0 Å². The molecule has 0 aromatic heterocycles. The van der Waals surface area contributed by atoms with Crippen LogP contribution in [-0.2, 0) is 6.54 Å². The molecular weight excluding hydrogens is 284 g/mol. The van der Waals surface area contributed by atoms with E-state index in [0.717, 1.165) is 38.6 Å². The van der Waals surface area contributed by atoms with E-state index < -0.39 is 0 Å². The van der Waals surface area contributed by atoms with Gasteiger partial charge in [-0.1, -0.05) is 62.4 Å². The lowest BCUT2D eigenvalue weighted by Gasteiger charge is -2.26. The van der Waals surface area contributed by atoms with Gasteiger partial charge in [0.15, 0.2) is 0 Å². The summed E-state index contributed by atoms with van der Waals surface area (Å²) in [6.07, 6.45) is 8.26. The Morgan fingerprint density at radius 1 is 0.913 bits per heavy atom. The van der Waals surface area contributed by atoms with E-state index in [0.29, 0.717) is 0 Å². The van der Waals surface area contributed by atoms with E-state index in [2.05, 4.69) is 40.1 Å². The molecule has 2 fully saturated rings. The third-order valence-corrected chi connectivity index (χ3v) is 5.50. The van der Waals surface area contributed by atoms with Gasteiger partial charge in [0, 0.05) is 32.7 Å². The molecule has 1 atom stereocenters. The van der Waals surface area contributed by atoms with E-state index in [-0.39, 0.29) is 6.10 Å². The molecule has 23 heavy (non-hydrogen) atoms. The van der Waals surface area contributed by atoms with Crippen molar-refractivity contribution in [3.63, 3.8) is 0 Å². The zero-order chi connectivity index (χ0) is 15.9. The van der Waals surface area contributed by atoms with Gasteiger partial charge in [-0.05, 0) is 24.4 Å². The standard InChI is InChI=1S/C20H32N2O/c23-20-16-21(12-11-18-7-3-1-4-8-18)13-14-22(17-20)15-19-9-5-2-6-10-19/h2,5-6,9-10,18,20,23H,1,3-4,7-8,11-17H2/t20-/m0/s1. The van der Waals surface area contributed by atoms with Crippen LogP contribution in [0.3, 0.4) is 0 Å². The average Bonchev–Trinajstić information content (AvgIpc) is 2.76. The summed E-state index contributed by atoms with van der Waals surface area (Å²) in [5.41, 5.74) is 1.34. The van der Waals surface area contributed by atoms with Crippen LogP contribution in [0.1, 0.15) is 44.1 Å². The summed E-state index contributed by atoms with van der Waals surface area (Å²) in [6.45, 7) is 5.93. The second kappa shape index (κ2) is 8.81. The van der Waals surface area contributed by atoms with Crippen molar-refractivity contribution in [2.75, 3.05) is 32.7 Å². The van der Waals surface area contributed by atoms with Crippen LogP contribution in [0.2, 0.25) is 0 Å². The lowest BCUT2D eigenvalue weighted by atomic mass is 9.87. The third kappa shape index (κ3) is 5.59. The second-order valence-electron chi connectivity index (χ2n) is 7.47. The van der Waals surface area contributed by atoms with Gasteiger partial charge in [0.05, 0.1) is 6.10 Å². The number of hydrogen-bond donors (Lipinski definition) is 1. The van der Waals surface area contributed by atoms with Crippen LogP contribution in [0.15, 0.2) is 30.3 Å². The van der Waals surface area contributed by atoms with Gasteiger partial charge in [-0.15, -0.1) is 0 Å². The van der Waals surface area contributed by atoms with Crippen molar-refractivity contribution < 1.29 is 5.11 Å². The van der Waals surface area contributed by atoms with Gasteiger partial charge < -0.3 is 5.11 Å². The number of nitrogens with zero attached hydrogens (tertiary/aromatic N) is 2. The Bertz CT molecular complexity index is 444. The maximum Gasteiger partial charge on any atom is 0.0793 e. The molecule has 1 aliphatic heterocycles. The predicted molar refractivity (Wildman–Crippen MR) is 95.4 cm³/mol. The maximum atomic E-state index is 10.4. The molecule has 0 bridgehead atoms. The Hall–Kier alpha value is -0.900. The van der Waals surface area contributed by atoms with E-state index in [9.17, 15) is 5.11 Å².